The second-order valence-corrected chi connectivity index (χ2v) is 14.7. The van der Waals surface area contributed by atoms with Crippen LogP contribution in [0.5, 0.6) is 5.75 Å². The predicted octanol–water partition coefficient (Wildman–Crippen LogP) is 3.97. The Balaban J connectivity index is 1.12. The summed E-state index contributed by atoms with van der Waals surface area (Å²) >= 11 is 2.71. The maximum absolute atomic E-state index is 13.7. The number of likely N-dealkylation sites (tertiary alicyclic amines) is 1. The second kappa shape index (κ2) is 12.9. The van der Waals surface area contributed by atoms with Crippen molar-refractivity contribution in [3.05, 3.63) is 74.2 Å². The smallest absolute Gasteiger partial charge is 0.338 e. The molecule has 48 heavy (non-hydrogen) atoms. The predicted molar refractivity (Wildman–Crippen MR) is 175 cm³/mol. The highest BCUT2D eigenvalue weighted by molar-refractivity contribution is 8.00. The summed E-state index contributed by atoms with van der Waals surface area (Å²) < 4.78 is 11.1. The van der Waals surface area contributed by atoms with Crippen LogP contribution < -0.4 is 14.9 Å². The minimum Gasteiger partial charge on any atom is -0.483 e. The zero-order valence-electron chi connectivity index (χ0n) is 25.9. The maximum atomic E-state index is 13.7. The van der Waals surface area contributed by atoms with Crippen molar-refractivity contribution in [2.75, 3.05) is 25.1 Å². The lowest BCUT2D eigenvalue weighted by Crippen LogP contribution is -2.42. The number of hydrogen-bond donors (Lipinski definition) is 3. The summed E-state index contributed by atoms with van der Waals surface area (Å²) in [7, 11) is 0. The monoisotopic (exact) mass is 691 g/mol. The van der Waals surface area contributed by atoms with E-state index in [4.69, 9.17) is 14.6 Å². The van der Waals surface area contributed by atoms with Crippen LogP contribution in [0.1, 0.15) is 52.9 Å². The first-order chi connectivity index (χ1) is 23.2. The molecule has 0 radical (unpaired) electrons. The third kappa shape index (κ3) is 5.60. The van der Waals surface area contributed by atoms with E-state index in [-0.39, 0.29) is 78.2 Å². The zero-order valence-corrected chi connectivity index (χ0v) is 27.5. The molecule has 3 fully saturated rings. The highest BCUT2D eigenvalue weighted by Gasteiger charge is 2.69. The topological polar surface area (TPSA) is 172 Å². The minimum atomic E-state index is -0.970. The van der Waals surface area contributed by atoms with Gasteiger partial charge in [0.25, 0.3) is 5.91 Å². The third-order valence-corrected chi connectivity index (χ3v) is 12.5. The molecular weight excluding hydrogens is 659 g/mol. The number of benzene rings is 2. The van der Waals surface area contributed by atoms with Gasteiger partial charge in [0.15, 0.2) is 6.61 Å². The van der Waals surface area contributed by atoms with Crippen molar-refractivity contribution in [3.63, 3.8) is 0 Å². The number of imide groups is 1. The number of fused-ring (bicyclic) bond motifs is 9. The fraction of sp³-hybridized carbons (Fsp3) is 0.412. The zero-order chi connectivity index (χ0) is 33.7. The van der Waals surface area contributed by atoms with Crippen molar-refractivity contribution in [2.24, 2.45) is 29.6 Å². The number of amides is 3. The van der Waals surface area contributed by atoms with Crippen LogP contribution in [0.3, 0.4) is 0 Å². The average molecular weight is 692 g/mol. The first-order valence-electron chi connectivity index (χ1n) is 15.9. The van der Waals surface area contributed by atoms with Crippen molar-refractivity contribution in [2.45, 2.75) is 42.4 Å². The Hall–Kier alpha value is -4.43. The molecule has 12 nitrogen and oxygen atoms in total. The van der Waals surface area contributed by atoms with Crippen molar-refractivity contribution >= 4 is 58.4 Å². The van der Waals surface area contributed by atoms with Gasteiger partial charge in [-0.2, -0.15) is 0 Å². The van der Waals surface area contributed by atoms with E-state index in [0.717, 1.165) is 26.8 Å². The molecule has 3 N–H and O–H groups in total. The number of esters is 1. The van der Waals surface area contributed by atoms with Gasteiger partial charge < -0.3 is 24.9 Å². The second-order valence-electron chi connectivity index (χ2n) is 12.5. The molecule has 2 aliphatic heterocycles. The Labute approximate surface area is 283 Å². The molecule has 1 saturated heterocycles. The van der Waals surface area contributed by atoms with E-state index < -0.39 is 29.7 Å². The molecule has 4 aliphatic rings. The van der Waals surface area contributed by atoms with E-state index in [1.165, 1.54) is 4.90 Å². The van der Waals surface area contributed by atoms with Crippen LogP contribution in [0.2, 0.25) is 0 Å². The first kappa shape index (κ1) is 32.1. The molecule has 3 aromatic rings. The molecule has 6 unspecified atom stereocenters. The standard InChI is InChI=1S/C34H33N3O9S2/c1-2-45-33(43)16-9-11-17(12-10-16)35-22(38)15-46-21-7-4-3-6-18(21)24-25-19-14-20(28(25)47-30-29(24)48-34(44)36-30)27-26(19)31(41)37(32(27)42)13-5-8-23(39)40/h3-4,6-7,9-12,19-20,24-28H,2,5,8,13-15H2,1H3,(H,35,38)(H,36,44)(H,39,40)/t19?,20?,24-,25?,26?,27?,28?/m1/s1. The van der Waals surface area contributed by atoms with Gasteiger partial charge in [-0.15, -0.1) is 11.8 Å². The number of hydrogen-bond acceptors (Lipinski definition) is 10. The van der Waals surface area contributed by atoms with E-state index in [9.17, 15) is 28.8 Å². The Morgan fingerprint density at radius 2 is 1.75 bits per heavy atom. The lowest BCUT2D eigenvalue weighted by Gasteiger charge is -2.43. The number of para-hydroxylation sites is 1. The minimum absolute atomic E-state index is 0.0244. The number of thiazole rings is 1. The fourth-order valence-electron chi connectivity index (χ4n) is 8.15. The summed E-state index contributed by atoms with van der Waals surface area (Å²) in [5.41, 5.74) is 1.66. The van der Waals surface area contributed by atoms with E-state index in [1.54, 1.807) is 49.0 Å². The molecule has 7 rings (SSSR count). The number of ether oxygens (including phenoxy) is 2. The number of carboxylic acid groups (broad SMARTS) is 1. The first-order valence-corrected chi connectivity index (χ1v) is 17.6. The van der Waals surface area contributed by atoms with Crippen molar-refractivity contribution < 1.29 is 38.6 Å². The van der Waals surface area contributed by atoms with Crippen LogP contribution in [0.4, 0.5) is 5.69 Å². The Kier molecular flexibility index (Phi) is 8.62. The molecule has 14 heteroatoms. The molecule has 2 aliphatic carbocycles. The van der Waals surface area contributed by atoms with Gasteiger partial charge in [-0.05, 0) is 67.9 Å². The summed E-state index contributed by atoms with van der Waals surface area (Å²) in [5.74, 6) is -3.25. The Morgan fingerprint density at radius 3 is 2.48 bits per heavy atom. The number of nitrogens with zero attached hydrogens (tertiary/aromatic N) is 1. The molecule has 3 heterocycles. The van der Waals surface area contributed by atoms with E-state index in [1.807, 2.05) is 18.2 Å². The molecular formula is C34H33N3O9S2. The number of aromatic nitrogens is 1. The van der Waals surface area contributed by atoms with Gasteiger partial charge in [-0.1, -0.05) is 29.5 Å². The SMILES string of the molecule is CCOC(=O)c1ccc(NC(=O)COc2ccccc2[C@H]2c3sc(=O)[nH]c3SC3C4CC(C5C(=O)N(CCCC(=O)O)C(=O)C45)C32)cc1. The van der Waals surface area contributed by atoms with Crippen LogP contribution in [-0.4, -0.2) is 69.7 Å². The van der Waals surface area contributed by atoms with Crippen molar-refractivity contribution in [1.82, 2.24) is 9.88 Å². The van der Waals surface area contributed by atoms with Crippen molar-refractivity contribution in [1.29, 1.82) is 0 Å². The molecule has 0 spiro atoms. The largest absolute Gasteiger partial charge is 0.483 e. The van der Waals surface area contributed by atoms with Gasteiger partial charge in [0, 0.05) is 40.3 Å². The van der Waals surface area contributed by atoms with E-state index in [2.05, 4.69) is 10.3 Å². The van der Waals surface area contributed by atoms with Crippen LogP contribution in [0, 0.1) is 29.6 Å². The maximum Gasteiger partial charge on any atom is 0.338 e. The summed E-state index contributed by atoms with van der Waals surface area (Å²) in [4.78, 5) is 80.8. The van der Waals surface area contributed by atoms with Gasteiger partial charge >= 0.3 is 16.8 Å². The highest BCUT2D eigenvalue weighted by atomic mass is 32.2. The number of anilines is 1. The third-order valence-electron chi connectivity index (χ3n) is 9.88. The lowest BCUT2D eigenvalue weighted by atomic mass is 9.68. The summed E-state index contributed by atoms with van der Waals surface area (Å²) in [6.45, 7) is 1.79. The number of carbonyl (C=O) groups excluding carboxylic acids is 4. The van der Waals surface area contributed by atoms with Gasteiger partial charge in [0.05, 0.1) is 29.0 Å². The Bertz CT molecular complexity index is 1850. The molecule has 2 saturated carbocycles. The summed E-state index contributed by atoms with van der Waals surface area (Å²) in [6, 6.07) is 13.8. The number of carboxylic acids is 1. The number of aliphatic carboxylic acids is 1. The number of thioether (sulfide) groups is 1. The summed E-state index contributed by atoms with van der Waals surface area (Å²) in [6.07, 6.45) is 0.808. The van der Waals surface area contributed by atoms with Gasteiger partial charge in [0.1, 0.15) is 5.75 Å². The van der Waals surface area contributed by atoms with Gasteiger partial charge in [-0.3, -0.25) is 28.9 Å². The van der Waals surface area contributed by atoms with E-state index in [0.29, 0.717) is 23.4 Å². The van der Waals surface area contributed by atoms with E-state index >= 15 is 0 Å². The van der Waals surface area contributed by atoms with Crippen LogP contribution in [-0.2, 0) is 23.9 Å². The average Bonchev–Trinajstić information content (AvgIpc) is 3.80. The van der Waals surface area contributed by atoms with Gasteiger partial charge in [-0.25, -0.2) is 4.79 Å². The molecule has 3 amide bonds. The number of nitrogens with one attached hydrogen (secondary N) is 2. The quantitative estimate of drug-likeness (QED) is 0.197. The lowest BCUT2D eigenvalue weighted by molar-refractivity contribution is -0.142. The van der Waals surface area contributed by atoms with Crippen LogP contribution in [0.15, 0.2) is 58.4 Å². The number of carbonyl (C=O) groups is 5. The molecule has 1 aromatic heterocycles. The normalized spacial score (nSPS) is 26.5. The molecule has 2 aromatic carbocycles. The van der Waals surface area contributed by atoms with Crippen LogP contribution in [0.25, 0.3) is 0 Å². The molecule has 2 bridgehead atoms. The number of rotatable bonds is 11. The Morgan fingerprint density at radius 1 is 1.02 bits per heavy atom. The summed E-state index contributed by atoms with van der Waals surface area (Å²) in [5, 5.41) is 12.6. The van der Waals surface area contributed by atoms with Gasteiger partial charge in [0.2, 0.25) is 11.8 Å². The number of aromatic amines is 1. The van der Waals surface area contributed by atoms with Crippen LogP contribution >= 0.6 is 23.1 Å². The van der Waals surface area contributed by atoms with Crippen molar-refractivity contribution in [3.8, 4) is 5.75 Å². The molecule has 7 atom stereocenters. The molecule has 250 valence electrons. The number of H-pyrrole nitrogens is 1. The fourth-order valence-corrected chi connectivity index (χ4v) is 11.0. The highest BCUT2D eigenvalue weighted by Crippen LogP contribution is 2.69.